The SMILES string of the molecule is CN(C)C(=O)CN=C(NC1CCCC1)N1CCC(Cc2cccnc2)CC1.I. The molecule has 0 radical (unpaired) electrons. The van der Waals surface area contributed by atoms with Gasteiger partial charge < -0.3 is 15.1 Å². The maximum Gasteiger partial charge on any atom is 0.243 e. The molecule has 28 heavy (non-hydrogen) atoms. The van der Waals surface area contributed by atoms with Crippen LogP contribution in [0.15, 0.2) is 29.5 Å². The second kappa shape index (κ2) is 11.6. The van der Waals surface area contributed by atoms with Crippen LogP contribution in [-0.2, 0) is 11.2 Å². The predicted octanol–water partition coefficient (Wildman–Crippen LogP) is 2.93. The van der Waals surface area contributed by atoms with Gasteiger partial charge in [0.05, 0.1) is 0 Å². The van der Waals surface area contributed by atoms with Gasteiger partial charge in [-0.15, -0.1) is 24.0 Å². The van der Waals surface area contributed by atoms with E-state index in [-0.39, 0.29) is 36.4 Å². The van der Waals surface area contributed by atoms with Crippen LogP contribution in [0, 0.1) is 5.92 Å². The third-order valence-electron chi connectivity index (χ3n) is 5.71. The fourth-order valence-corrected chi connectivity index (χ4v) is 3.97. The van der Waals surface area contributed by atoms with E-state index in [0.29, 0.717) is 12.0 Å². The molecule has 1 aromatic rings. The van der Waals surface area contributed by atoms with E-state index >= 15 is 0 Å². The van der Waals surface area contributed by atoms with Gasteiger partial charge in [0.15, 0.2) is 5.96 Å². The Balaban J connectivity index is 0.00000280. The molecule has 0 bridgehead atoms. The molecular weight excluding hydrogens is 465 g/mol. The quantitative estimate of drug-likeness (QED) is 0.385. The highest BCUT2D eigenvalue weighted by atomic mass is 127. The first-order valence-corrected chi connectivity index (χ1v) is 10.3. The Morgan fingerprint density at radius 3 is 2.57 bits per heavy atom. The molecule has 0 aromatic carbocycles. The van der Waals surface area contributed by atoms with E-state index in [4.69, 9.17) is 0 Å². The molecule has 6 nitrogen and oxygen atoms in total. The molecule has 1 amide bonds. The van der Waals surface area contributed by atoms with Crippen molar-refractivity contribution in [3.8, 4) is 0 Å². The molecule has 156 valence electrons. The zero-order valence-electron chi connectivity index (χ0n) is 17.1. The van der Waals surface area contributed by atoms with Gasteiger partial charge in [0.25, 0.3) is 0 Å². The fraction of sp³-hybridized carbons (Fsp3) is 0.667. The number of carbonyl (C=O) groups is 1. The molecule has 1 saturated carbocycles. The molecule has 1 saturated heterocycles. The number of rotatable bonds is 5. The van der Waals surface area contributed by atoms with Crippen molar-refractivity contribution in [3.63, 3.8) is 0 Å². The van der Waals surface area contributed by atoms with Crippen molar-refractivity contribution in [2.45, 2.75) is 51.0 Å². The minimum absolute atomic E-state index is 0. The van der Waals surface area contributed by atoms with Gasteiger partial charge in [-0.2, -0.15) is 0 Å². The van der Waals surface area contributed by atoms with Gasteiger partial charge in [-0.25, -0.2) is 4.99 Å². The zero-order chi connectivity index (χ0) is 19.1. The van der Waals surface area contributed by atoms with Crippen LogP contribution in [0.25, 0.3) is 0 Å². The minimum atomic E-state index is 0. The molecule has 2 aliphatic rings. The Hall–Kier alpha value is -1.38. The van der Waals surface area contributed by atoms with Crippen molar-refractivity contribution in [1.29, 1.82) is 0 Å². The maximum absolute atomic E-state index is 12.0. The van der Waals surface area contributed by atoms with Gasteiger partial charge in [0.2, 0.25) is 5.91 Å². The molecule has 2 fully saturated rings. The highest BCUT2D eigenvalue weighted by Gasteiger charge is 2.25. The summed E-state index contributed by atoms with van der Waals surface area (Å²) in [5.74, 6) is 1.67. The monoisotopic (exact) mass is 499 g/mol. The number of likely N-dealkylation sites (tertiary alicyclic amines) is 1. The van der Waals surface area contributed by atoms with Crippen LogP contribution < -0.4 is 5.32 Å². The first-order valence-electron chi connectivity index (χ1n) is 10.3. The lowest BCUT2D eigenvalue weighted by molar-refractivity contribution is -0.127. The number of nitrogens with zero attached hydrogens (tertiary/aromatic N) is 4. The summed E-state index contributed by atoms with van der Waals surface area (Å²) in [6.45, 7) is 2.22. The number of hydrogen-bond donors (Lipinski definition) is 1. The molecule has 0 atom stereocenters. The second-order valence-corrected chi connectivity index (χ2v) is 8.05. The topological polar surface area (TPSA) is 60.8 Å². The molecule has 3 rings (SSSR count). The average Bonchev–Trinajstić information content (AvgIpc) is 3.19. The third kappa shape index (κ3) is 6.90. The summed E-state index contributed by atoms with van der Waals surface area (Å²) in [7, 11) is 3.57. The first-order chi connectivity index (χ1) is 13.1. The molecule has 0 spiro atoms. The number of piperidine rings is 1. The van der Waals surface area contributed by atoms with Crippen LogP contribution in [0.1, 0.15) is 44.1 Å². The van der Waals surface area contributed by atoms with Gasteiger partial charge in [0, 0.05) is 45.6 Å². The second-order valence-electron chi connectivity index (χ2n) is 8.05. The molecule has 1 N–H and O–H groups in total. The number of amides is 1. The van der Waals surface area contributed by atoms with E-state index in [0.717, 1.165) is 38.3 Å². The Bertz CT molecular complexity index is 623. The number of aliphatic imine (C=N–C) groups is 1. The fourth-order valence-electron chi connectivity index (χ4n) is 3.97. The maximum atomic E-state index is 12.0. The number of halogens is 1. The number of pyridine rings is 1. The number of aromatic nitrogens is 1. The normalized spacial score (nSPS) is 18.6. The predicted molar refractivity (Wildman–Crippen MR) is 124 cm³/mol. The Labute approximate surface area is 186 Å². The summed E-state index contributed by atoms with van der Waals surface area (Å²) in [5, 5.41) is 3.64. The average molecular weight is 499 g/mol. The van der Waals surface area contributed by atoms with Gasteiger partial charge in [-0.3, -0.25) is 9.78 Å². The molecule has 1 aliphatic heterocycles. The third-order valence-corrected chi connectivity index (χ3v) is 5.71. The van der Waals surface area contributed by atoms with Gasteiger partial charge in [-0.05, 0) is 49.7 Å². The molecule has 1 aliphatic carbocycles. The smallest absolute Gasteiger partial charge is 0.243 e. The van der Waals surface area contributed by atoms with Crippen molar-refractivity contribution in [2.24, 2.45) is 10.9 Å². The van der Waals surface area contributed by atoms with E-state index in [1.54, 1.807) is 19.0 Å². The van der Waals surface area contributed by atoms with Crippen molar-refractivity contribution in [2.75, 3.05) is 33.7 Å². The van der Waals surface area contributed by atoms with Gasteiger partial charge >= 0.3 is 0 Å². The highest BCUT2D eigenvalue weighted by Crippen LogP contribution is 2.23. The van der Waals surface area contributed by atoms with E-state index in [1.165, 1.54) is 31.2 Å². The standard InChI is InChI=1S/C21H33N5O.HI/c1-25(2)20(27)16-23-21(24-19-7-3-4-8-19)26-12-9-17(10-13-26)14-18-6-5-11-22-15-18;/h5-6,11,15,17,19H,3-4,7-10,12-14,16H2,1-2H3,(H,23,24);1H. The summed E-state index contributed by atoms with van der Waals surface area (Å²) < 4.78 is 0. The van der Waals surface area contributed by atoms with Gasteiger partial charge in [0.1, 0.15) is 6.54 Å². The number of likely N-dealkylation sites (N-methyl/N-ethyl adjacent to an activating group) is 1. The summed E-state index contributed by atoms with van der Waals surface area (Å²) in [5.41, 5.74) is 1.32. The van der Waals surface area contributed by atoms with E-state index in [2.05, 4.69) is 26.3 Å². The van der Waals surface area contributed by atoms with Crippen molar-refractivity contribution in [1.82, 2.24) is 20.1 Å². The van der Waals surface area contributed by atoms with Crippen molar-refractivity contribution in [3.05, 3.63) is 30.1 Å². The van der Waals surface area contributed by atoms with Crippen molar-refractivity contribution >= 4 is 35.8 Å². The number of nitrogens with one attached hydrogen (secondary N) is 1. The van der Waals surface area contributed by atoms with E-state index < -0.39 is 0 Å². The number of carbonyl (C=O) groups excluding carboxylic acids is 1. The molecule has 7 heteroatoms. The summed E-state index contributed by atoms with van der Waals surface area (Å²) >= 11 is 0. The Morgan fingerprint density at radius 2 is 1.96 bits per heavy atom. The van der Waals surface area contributed by atoms with Crippen LogP contribution >= 0.6 is 24.0 Å². The summed E-state index contributed by atoms with van der Waals surface area (Å²) in [6.07, 6.45) is 12.2. The lowest BCUT2D eigenvalue weighted by Gasteiger charge is -2.35. The van der Waals surface area contributed by atoms with E-state index in [9.17, 15) is 4.79 Å². The summed E-state index contributed by atoms with van der Waals surface area (Å²) in [4.78, 5) is 24.8. The lowest BCUT2D eigenvalue weighted by Crippen LogP contribution is -2.49. The van der Waals surface area contributed by atoms with Crippen LogP contribution in [0.2, 0.25) is 0 Å². The number of guanidine groups is 1. The molecular formula is C21H34IN5O. The number of hydrogen-bond acceptors (Lipinski definition) is 3. The zero-order valence-corrected chi connectivity index (χ0v) is 19.5. The molecule has 0 unspecified atom stereocenters. The van der Waals surface area contributed by atoms with Gasteiger partial charge in [-0.1, -0.05) is 18.9 Å². The van der Waals surface area contributed by atoms with Crippen LogP contribution in [0.5, 0.6) is 0 Å². The first kappa shape index (κ1) is 22.9. The van der Waals surface area contributed by atoms with Crippen LogP contribution in [0.3, 0.4) is 0 Å². The summed E-state index contributed by atoms with van der Waals surface area (Å²) in [6, 6.07) is 4.69. The Morgan fingerprint density at radius 1 is 1.25 bits per heavy atom. The van der Waals surface area contributed by atoms with Crippen LogP contribution in [0.4, 0.5) is 0 Å². The minimum Gasteiger partial charge on any atom is -0.353 e. The van der Waals surface area contributed by atoms with E-state index in [1.807, 2.05) is 18.5 Å². The molecule has 2 heterocycles. The highest BCUT2D eigenvalue weighted by molar-refractivity contribution is 14.0. The van der Waals surface area contributed by atoms with Crippen molar-refractivity contribution < 1.29 is 4.79 Å². The lowest BCUT2D eigenvalue weighted by atomic mass is 9.91. The van der Waals surface area contributed by atoms with Crippen LogP contribution in [-0.4, -0.2) is 66.4 Å². The Kier molecular flexibility index (Phi) is 9.47. The molecule has 1 aromatic heterocycles. The largest absolute Gasteiger partial charge is 0.353 e.